The first-order valence-corrected chi connectivity index (χ1v) is 12.1. The van der Waals surface area contributed by atoms with Crippen molar-refractivity contribution in [2.45, 2.75) is 26.9 Å². The second kappa shape index (κ2) is 9.28. The second-order valence-electron chi connectivity index (χ2n) is 8.57. The van der Waals surface area contributed by atoms with Crippen molar-refractivity contribution in [3.8, 4) is 6.07 Å². The molecule has 1 aromatic heterocycles. The Balaban J connectivity index is 1.53. The molecule has 6 heteroatoms. The molecule has 1 aliphatic rings. The van der Waals surface area contributed by atoms with E-state index in [9.17, 15) is 14.9 Å². The molecule has 1 saturated heterocycles. The average Bonchev–Trinajstić information content (AvgIpc) is 3.29. The van der Waals surface area contributed by atoms with E-state index in [0.29, 0.717) is 17.0 Å². The molecule has 0 N–H and O–H groups in total. The third kappa shape index (κ3) is 4.16. The van der Waals surface area contributed by atoms with Crippen LogP contribution in [0.25, 0.3) is 17.0 Å². The van der Waals surface area contributed by atoms with Crippen molar-refractivity contribution in [2.24, 2.45) is 0 Å². The largest absolute Gasteiger partial charge is 0.340 e. The second-order valence-corrected chi connectivity index (χ2v) is 9.56. The Kier molecular flexibility index (Phi) is 6.02. The standard InChI is InChI=1S/C29H23N3O2S/c1-19-9-3-4-11-22(19)17-32-28(33)27(35-29(32)34)15-25-20(2)31(26-14-8-7-13-24(25)26)18-23-12-6-5-10-21(23)16-30/h3-15H,17-18H2,1-2H3/b27-15-. The highest BCUT2D eigenvalue weighted by Crippen LogP contribution is 2.36. The Hall–Kier alpha value is -4.08. The molecule has 2 heterocycles. The van der Waals surface area contributed by atoms with Gasteiger partial charge in [-0.05, 0) is 60.5 Å². The van der Waals surface area contributed by atoms with E-state index in [1.165, 1.54) is 4.90 Å². The molecule has 5 rings (SSSR count). The summed E-state index contributed by atoms with van der Waals surface area (Å²) in [5.74, 6) is -0.269. The highest BCUT2D eigenvalue weighted by Gasteiger charge is 2.35. The number of aromatic nitrogens is 1. The number of carbonyl (C=O) groups excluding carboxylic acids is 2. The van der Waals surface area contributed by atoms with Gasteiger partial charge < -0.3 is 4.57 Å². The van der Waals surface area contributed by atoms with Crippen LogP contribution in [0, 0.1) is 25.2 Å². The number of aryl methyl sites for hydroxylation is 1. The van der Waals surface area contributed by atoms with Gasteiger partial charge in [-0.3, -0.25) is 14.5 Å². The number of para-hydroxylation sites is 1. The van der Waals surface area contributed by atoms with Crippen LogP contribution in [0.4, 0.5) is 4.79 Å². The summed E-state index contributed by atoms with van der Waals surface area (Å²) in [5.41, 5.74) is 6.49. The van der Waals surface area contributed by atoms with Crippen molar-refractivity contribution in [2.75, 3.05) is 0 Å². The van der Waals surface area contributed by atoms with Crippen molar-refractivity contribution in [3.05, 3.63) is 111 Å². The maximum Gasteiger partial charge on any atom is 0.293 e. The Labute approximate surface area is 208 Å². The lowest BCUT2D eigenvalue weighted by molar-refractivity contribution is -0.123. The van der Waals surface area contributed by atoms with Crippen LogP contribution in [0.1, 0.15) is 33.5 Å². The zero-order valence-corrected chi connectivity index (χ0v) is 20.3. The number of nitrogens with zero attached hydrogens (tertiary/aromatic N) is 3. The molecular weight excluding hydrogens is 454 g/mol. The smallest absolute Gasteiger partial charge is 0.293 e. The Morgan fingerprint density at radius 1 is 0.886 bits per heavy atom. The van der Waals surface area contributed by atoms with Gasteiger partial charge in [0, 0.05) is 28.7 Å². The van der Waals surface area contributed by atoms with Gasteiger partial charge in [0.05, 0.1) is 23.1 Å². The van der Waals surface area contributed by atoms with E-state index in [-0.39, 0.29) is 17.7 Å². The van der Waals surface area contributed by atoms with Gasteiger partial charge in [-0.2, -0.15) is 5.26 Å². The zero-order chi connectivity index (χ0) is 24.5. The van der Waals surface area contributed by atoms with Gasteiger partial charge >= 0.3 is 0 Å². The lowest BCUT2D eigenvalue weighted by Crippen LogP contribution is -2.27. The summed E-state index contributed by atoms with van der Waals surface area (Å²) in [6.07, 6.45) is 1.84. The van der Waals surface area contributed by atoms with Crippen LogP contribution in [-0.4, -0.2) is 20.6 Å². The van der Waals surface area contributed by atoms with Crippen LogP contribution >= 0.6 is 11.8 Å². The van der Waals surface area contributed by atoms with Crippen LogP contribution in [0.3, 0.4) is 0 Å². The third-order valence-corrected chi connectivity index (χ3v) is 7.39. The van der Waals surface area contributed by atoms with Crippen LogP contribution in [0.2, 0.25) is 0 Å². The van der Waals surface area contributed by atoms with Crippen LogP contribution in [0.15, 0.2) is 77.7 Å². The highest BCUT2D eigenvalue weighted by molar-refractivity contribution is 8.18. The van der Waals surface area contributed by atoms with E-state index in [1.54, 1.807) is 0 Å². The fourth-order valence-corrected chi connectivity index (χ4v) is 5.33. The van der Waals surface area contributed by atoms with Crippen molar-refractivity contribution in [1.29, 1.82) is 5.26 Å². The lowest BCUT2D eigenvalue weighted by Gasteiger charge is -2.14. The molecule has 0 saturated carbocycles. The summed E-state index contributed by atoms with van der Waals surface area (Å²) in [7, 11) is 0. The maximum atomic E-state index is 13.2. The van der Waals surface area contributed by atoms with E-state index in [4.69, 9.17) is 0 Å². The summed E-state index contributed by atoms with van der Waals surface area (Å²) >= 11 is 0.985. The number of benzene rings is 3. The molecule has 3 aromatic carbocycles. The van der Waals surface area contributed by atoms with Crippen molar-refractivity contribution in [1.82, 2.24) is 9.47 Å². The molecule has 4 aromatic rings. The summed E-state index contributed by atoms with van der Waals surface area (Å²) in [4.78, 5) is 27.7. The quantitative estimate of drug-likeness (QED) is 0.311. The number of rotatable bonds is 5. The lowest BCUT2D eigenvalue weighted by atomic mass is 10.1. The van der Waals surface area contributed by atoms with E-state index in [0.717, 1.165) is 50.6 Å². The maximum absolute atomic E-state index is 13.2. The number of nitriles is 1. The normalized spacial score (nSPS) is 14.8. The average molecular weight is 478 g/mol. The number of hydrogen-bond acceptors (Lipinski definition) is 4. The van der Waals surface area contributed by atoms with E-state index >= 15 is 0 Å². The predicted molar refractivity (Wildman–Crippen MR) is 140 cm³/mol. The zero-order valence-electron chi connectivity index (χ0n) is 19.5. The summed E-state index contributed by atoms with van der Waals surface area (Å²) < 4.78 is 2.16. The van der Waals surface area contributed by atoms with Gasteiger partial charge in [0.2, 0.25) is 0 Å². The minimum absolute atomic E-state index is 0.256. The molecule has 0 bridgehead atoms. The van der Waals surface area contributed by atoms with E-state index in [1.807, 2.05) is 92.7 Å². The monoisotopic (exact) mass is 477 g/mol. The topological polar surface area (TPSA) is 66.1 Å². The van der Waals surface area contributed by atoms with E-state index < -0.39 is 0 Å². The molecule has 0 atom stereocenters. The van der Waals surface area contributed by atoms with Gasteiger partial charge in [0.1, 0.15) is 0 Å². The number of fused-ring (bicyclic) bond motifs is 1. The summed E-state index contributed by atoms with van der Waals surface area (Å²) in [6.45, 7) is 4.80. The van der Waals surface area contributed by atoms with Gasteiger partial charge in [-0.1, -0.05) is 60.7 Å². The fraction of sp³-hybridized carbons (Fsp3) is 0.138. The van der Waals surface area contributed by atoms with Crippen molar-refractivity contribution in [3.63, 3.8) is 0 Å². The molecule has 0 radical (unpaired) electrons. The first-order chi connectivity index (χ1) is 17.0. The van der Waals surface area contributed by atoms with Gasteiger partial charge in [0.25, 0.3) is 11.1 Å². The van der Waals surface area contributed by atoms with Gasteiger partial charge in [0.15, 0.2) is 0 Å². The minimum atomic E-state index is -0.269. The van der Waals surface area contributed by atoms with Crippen molar-refractivity contribution >= 4 is 39.9 Å². The molecule has 2 amide bonds. The molecule has 5 nitrogen and oxygen atoms in total. The number of carbonyl (C=O) groups is 2. The number of imide groups is 1. The Morgan fingerprint density at radius 2 is 1.57 bits per heavy atom. The molecule has 35 heavy (non-hydrogen) atoms. The highest BCUT2D eigenvalue weighted by atomic mass is 32.2. The molecule has 172 valence electrons. The van der Waals surface area contributed by atoms with Crippen LogP contribution < -0.4 is 0 Å². The summed E-state index contributed by atoms with van der Waals surface area (Å²) in [6, 6.07) is 25.6. The first-order valence-electron chi connectivity index (χ1n) is 11.3. The molecule has 0 unspecified atom stereocenters. The molecule has 1 fully saturated rings. The Bertz CT molecular complexity index is 1560. The summed E-state index contributed by atoms with van der Waals surface area (Å²) in [5, 5.41) is 10.3. The molecular formula is C29H23N3O2S. The predicted octanol–water partition coefficient (Wildman–Crippen LogP) is 6.41. The molecule has 0 spiro atoms. The number of hydrogen-bond donors (Lipinski definition) is 0. The first kappa shape index (κ1) is 22.7. The third-order valence-electron chi connectivity index (χ3n) is 6.48. The number of thioether (sulfide) groups is 1. The van der Waals surface area contributed by atoms with Gasteiger partial charge in [-0.15, -0.1) is 0 Å². The fourth-order valence-electron chi connectivity index (χ4n) is 4.51. The van der Waals surface area contributed by atoms with Crippen LogP contribution in [0.5, 0.6) is 0 Å². The SMILES string of the molecule is Cc1ccccc1CN1C(=O)S/C(=C\c2c(C)n(Cc3ccccc3C#N)c3ccccc23)C1=O. The number of amides is 2. The van der Waals surface area contributed by atoms with E-state index in [2.05, 4.69) is 10.6 Å². The molecule has 0 aliphatic carbocycles. The molecule has 1 aliphatic heterocycles. The minimum Gasteiger partial charge on any atom is -0.340 e. The van der Waals surface area contributed by atoms with Crippen molar-refractivity contribution < 1.29 is 9.59 Å². The van der Waals surface area contributed by atoms with Crippen LogP contribution in [-0.2, 0) is 17.9 Å². The van der Waals surface area contributed by atoms with Gasteiger partial charge in [-0.25, -0.2) is 0 Å². The Morgan fingerprint density at radius 3 is 2.34 bits per heavy atom.